The van der Waals surface area contributed by atoms with Gasteiger partial charge in [0.1, 0.15) is 11.4 Å². The molecule has 0 spiro atoms. The Labute approximate surface area is 105 Å². The largest absolute Gasteiger partial charge is 0.508 e. The van der Waals surface area contributed by atoms with Gasteiger partial charge in [0.2, 0.25) is 0 Å². The van der Waals surface area contributed by atoms with Gasteiger partial charge in [0.25, 0.3) is 5.91 Å². The molecule has 0 aliphatic carbocycles. The monoisotopic (exact) mass is 243 g/mol. The first-order valence-corrected chi connectivity index (χ1v) is 5.43. The Kier molecular flexibility index (Phi) is 3.23. The SMILES string of the molecule is Cc1cnc(C(=O)N(C)c2cccc(O)c2)cn1. The van der Waals surface area contributed by atoms with Crippen LogP contribution < -0.4 is 4.90 Å². The fraction of sp³-hybridized carbons (Fsp3) is 0.154. The average molecular weight is 243 g/mol. The summed E-state index contributed by atoms with van der Waals surface area (Å²) in [6.45, 7) is 1.81. The van der Waals surface area contributed by atoms with Crippen LogP contribution in [0, 0.1) is 6.92 Å². The summed E-state index contributed by atoms with van der Waals surface area (Å²) in [6, 6.07) is 6.47. The van der Waals surface area contributed by atoms with Crippen molar-refractivity contribution in [2.45, 2.75) is 6.92 Å². The summed E-state index contributed by atoms with van der Waals surface area (Å²) in [6.07, 6.45) is 2.99. The molecule has 0 bridgehead atoms. The number of hydrogen-bond donors (Lipinski definition) is 1. The maximum Gasteiger partial charge on any atom is 0.278 e. The Morgan fingerprint density at radius 3 is 2.67 bits per heavy atom. The smallest absolute Gasteiger partial charge is 0.278 e. The van der Waals surface area contributed by atoms with E-state index in [1.54, 1.807) is 38.4 Å². The number of amides is 1. The second-order valence-electron chi connectivity index (χ2n) is 3.93. The summed E-state index contributed by atoms with van der Waals surface area (Å²) >= 11 is 0. The molecule has 0 unspecified atom stereocenters. The van der Waals surface area contributed by atoms with Crippen LogP contribution in [0.15, 0.2) is 36.7 Å². The van der Waals surface area contributed by atoms with Gasteiger partial charge < -0.3 is 10.0 Å². The van der Waals surface area contributed by atoms with Gasteiger partial charge in [0.15, 0.2) is 0 Å². The Hall–Kier alpha value is -2.43. The number of aromatic nitrogens is 2. The summed E-state index contributed by atoms with van der Waals surface area (Å²) in [5.41, 5.74) is 1.63. The van der Waals surface area contributed by atoms with Gasteiger partial charge in [-0.05, 0) is 19.1 Å². The zero-order valence-electron chi connectivity index (χ0n) is 10.2. The van der Waals surface area contributed by atoms with E-state index in [4.69, 9.17) is 0 Å². The Balaban J connectivity index is 2.26. The van der Waals surface area contributed by atoms with E-state index in [0.29, 0.717) is 5.69 Å². The first-order chi connectivity index (χ1) is 8.58. The molecule has 1 aromatic heterocycles. The van der Waals surface area contributed by atoms with Gasteiger partial charge in [-0.1, -0.05) is 6.07 Å². The third-order valence-electron chi connectivity index (χ3n) is 2.52. The number of carbonyl (C=O) groups is 1. The van der Waals surface area contributed by atoms with E-state index < -0.39 is 0 Å². The van der Waals surface area contributed by atoms with Gasteiger partial charge in [0.05, 0.1) is 11.9 Å². The molecule has 1 N–H and O–H groups in total. The van der Waals surface area contributed by atoms with Crippen molar-refractivity contribution in [1.82, 2.24) is 9.97 Å². The zero-order valence-corrected chi connectivity index (χ0v) is 10.2. The molecule has 0 radical (unpaired) electrons. The molecule has 1 aromatic carbocycles. The van der Waals surface area contributed by atoms with Crippen LogP contribution in [0.25, 0.3) is 0 Å². The van der Waals surface area contributed by atoms with E-state index in [1.807, 2.05) is 0 Å². The fourth-order valence-corrected chi connectivity index (χ4v) is 1.49. The highest BCUT2D eigenvalue weighted by Crippen LogP contribution is 2.19. The molecule has 92 valence electrons. The number of nitrogens with zero attached hydrogens (tertiary/aromatic N) is 3. The van der Waals surface area contributed by atoms with Crippen molar-refractivity contribution in [1.29, 1.82) is 0 Å². The van der Waals surface area contributed by atoms with E-state index >= 15 is 0 Å². The normalized spacial score (nSPS) is 10.1. The van der Waals surface area contributed by atoms with Crippen LogP contribution in [0.5, 0.6) is 5.75 Å². The number of hydrogen-bond acceptors (Lipinski definition) is 4. The number of benzene rings is 1. The number of phenols is 1. The molecule has 18 heavy (non-hydrogen) atoms. The highest BCUT2D eigenvalue weighted by atomic mass is 16.3. The highest BCUT2D eigenvalue weighted by Gasteiger charge is 2.15. The standard InChI is InChI=1S/C13H13N3O2/c1-9-7-15-12(8-14-9)13(18)16(2)10-4-3-5-11(17)6-10/h3-8,17H,1-2H3. The second kappa shape index (κ2) is 4.83. The molecule has 1 heterocycles. The fourth-order valence-electron chi connectivity index (χ4n) is 1.49. The van der Waals surface area contributed by atoms with Crippen LogP contribution in [-0.2, 0) is 0 Å². The minimum atomic E-state index is -0.270. The van der Waals surface area contributed by atoms with Crippen molar-refractivity contribution in [3.63, 3.8) is 0 Å². The van der Waals surface area contributed by atoms with Crippen molar-refractivity contribution >= 4 is 11.6 Å². The third-order valence-corrected chi connectivity index (χ3v) is 2.52. The molecule has 2 aromatic rings. The van der Waals surface area contributed by atoms with Crippen molar-refractivity contribution in [2.75, 3.05) is 11.9 Å². The van der Waals surface area contributed by atoms with Crippen molar-refractivity contribution < 1.29 is 9.90 Å². The van der Waals surface area contributed by atoms with E-state index in [9.17, 15) is 9.90 Å². The Bertz CT molecular complexity index is 567. The van der Waals surface area contributed by atoms with Gasteiger partial charge >= 0.3 is 0 Å². The lowest BCUT2D eigenvalue weighted by Crippen LogP contribution is -2.27. The van der Waals surface area contributed by atoms with Crippen LogP contribution in [-0.4, -0.2) is 28.0 Å². The predicted octanol–water partition coefficient (Wildman–Crippen LogP) is 1.77. The van der Waals surface area contributed by atoms with Gasteiger partial charge in [-0.25, -0.2) is 4.98 Å². The molecule has 0 fully saturated rings. The van der Waals surface area contributed by atoms with E-state index in [-0.39, 0.29) is 17.4 Å². The molecule has 5 heteroatoms. The lowest BCUT2D eigenvalue weighted by molar-refractivity contribution is 0.0988. The highest BCUT2D eigenvalue weighted by molar-refractivity contribution is 6.04. The number of phenolic OH excluding ortho intramolecular Hbond substituents is 1. The molecule has 0 aliphatic rings. The van der Waals surface area contributed by atoms with Crippen molar-refractivity contribution in [2.24, 2.45) is 0 Å². The molecule has 0 aliphatic heterocycles. The van der Waals surface area contributed by atoms with E-state index in [2.05, 4.69) is 9.97 Å². The molecular formula is C13H13N3O2. The lowest BCUT2D eigenvalue weighted by Gasteiger charge is -2.16. The van der Waals surface area contributed by atoms with Crippen LogP contribution >= 0.6 is 0 Å². The van der Waals surface area contributed by atoms with E-state index in [1.165, 1.54) is 17.2 Å². The van der Waals surface area contributed by atoms with Crippen molar-refractivity contribution in [3.8, 4) is 5.75 Å². The quantitative estimate of drug-likeness (QED) is 0.872. The molecule has 1 amide bonds. The van der Waals surface area contributed by atoms with Crippen molar-refractivity contribution in [3.05, 3.63) is 48.0 Å². The van der Waals surface area contributed by atoms with Crippen LogP contribution in [0.1, 0.15) is 16.2 Å². The Morgan fingerprint density at radius 1 is 1.28 bits per heavy atom. The summed E-state index contributed by atoms with van der Waals surface area (Å²) in [5.74, 6) is -0.157. The van der Waals surface area contributed by atoms with Crippen LogP contribution in [0.2, 0.25) is 0 Å². The zero-order chi connectivity index (χ0) is 13.1. The van der Waals surface area contributed by atoms with Crippen LogP contribution in [0.3, 0.4) is 0 Å². The maximum absolute atomic E-state index is 12.1. The van der Waals surface area contributed by atoms with Gasteiger partial charge in [-0.3, -0.25) is 9.78 Å². The maximum atomic E-state index is 12.1. The average Bonchev–Trinajstić information content (AvgIpc) is 2.38. The predicted molar refractivity (Wildman–Crippen MR) is 67.6 cm³/mol. The third kappa shape index (κ3) is 2.45. The minimum absolute atomic E-state index is 0.113. The van der Waals surface area contributed by atoms with Gasteiger partial charge in [-0.2, -0.15) is 0 Å². The summed E-state index contributed by atoms with van der Waals surface area (Å²) in [7, 11) is 1.62. The number of rotatable bonds is 2. The second-order valence-corrected chi connectivity index (χ2v) is 3.93. The Morgan fingerprint density at radius 2 is 2.06 bits per heavy atom. The number of carbonyl (C=O) groups excluding carboxylic acids is 1. The van der Waals surface area contributed by atoms with Gasteiger partial charge in [-0.15, -0.1) is 0 Å². The summed E-state index contributed by atoms with van der Waals surface area (Å²) in [5, 5.41) is 9.38. The molecular weight excluding hydrogens is 230 g/mol. The van der Waals surface area contributed by atoms with E-state index in [0.717, 1.165) is 5.69 Å². The number of anilines is 1. The minimum Gasteiger partial charge on any atom is -0.508 e. The molecule has 0 atom stereocenters. The summed E-state index contributed by atoms with van der Waals surface area (Å²) in [4.78, 5) is 21.6. The molecule has 5 nitrogen and oxygen atoms in total. The van der Waals surface area contributed by atoms with Crippen LogP contribution in [0.4, 0.5) is 5.69 Å². The first kappa shape index (κ1) is 12.0. The molecule has 0 saturated heterocycles. The topological polar surface area (TPSA) is 66.3 Å². The first-order valence-electron chi connectivity index (χ1n) is 5.43. The molecule has 2 rings (SSSR count). The van der Waals surface area contributed by atoms with Gasteiger partial charge in [0, 0.05) is 25.0 Å². The molecule has 0 saturated carbocycles. The summed E-state index contributed by atoms with van der Waals surface area (Å²) < 4.78 is 0. The number of aromatic hydroxyl groups is 1. The number of aryl methyl sites for hydroxylation is 1. The lowest BCUT2D eigenvalue weighted by atomic mass is 10.2.